The number of benzene rings is 1. The van der Waals surface area contributed by atoms with Gasteiger partial charge in [0, 0.05) is 34.9 Å². The molecule has 1 atom stereocenters. The van der Waals surface area contributed by atoms with Gasteiger partial charge in [0.15, 0.2) is 0 Å². The topological polar surface area (TPSA) is 156 Å². The van der Waals surface area contributed by atoms with Crippen molar-refractivity contribution in [1.82, 2.24) is 20.2 Å². The molecule has 1 amide bonds. The first-order valence-corrected chi connectivity index (χ1v) is 8.18. The smallest absolute Gasteiger partial charge is 0.272 e. The number of anilines is 1. The van der Waals surface area contributed by atoms with Crippen molar-refractivity contribution >= 4 is 29.0 Å². The van der Waals surface area contributed by atoms with Crippen LogP contribution in [0.25, 0.3) is 0 Å². The van der Waals surface area contributed by atoms with Crippen LogP contribution >= 0.6 is 11.8 Å². The number of carbonyl (C=O) groups excluding carboxylic acids is 1. The minimum absolute atomic E-state index is 0.0967. The van der Waals surface area contributed by atoms with Crippen molar-refractivity contribution in [2.45, 2.75) is 24.0 Å². The number of rotatable bonds is 9. The number of amides is 1. The number of aliphatic hydroxyl groups is 2. The number of non-ortho nitro benzene ring substituents is 1. The molecule has 2 rings (SSSR count). The van der Waals surface area contributed by atoms with Gasteiger partial charge in [0.1, 0.15) is 6.33 Å². The molecule has 0 saturated heterocycles. The van der Waals surface area contributed by atoms with Crippen molar-refractivity contribution in [1.29, 1.82) is 0 Å². The van der Waals surface area contributed by atoms with E-state index in [9.17, 15) is 20.0 Å². The lowest BCUT2D eigenvalue weighted by Crippen LogP contribution is -2.15. The molecule has 0 radical (unpaired) electrons. The van der Waals surface area contributed by atoms with Crippen molar-refractivity contribution in [3.8, 4) is 0 Å². The molecule has 1 aromatic heterocycles. The molecule has 0 aliphatic rings. The van der Waals surface area contributed by atoms with Crippen LogP contribution in [-0.2, 0) is 11.3 Å². The van der Waals surface area contributed by atoms with E-state index in [4.69, 9.17) is 5.11 Å². The van der Waals surface area contributed by atoms with E-state index in [1.54, 1.807) is 6.07 Å². The monoisotopic (exact) mass is 368 g/mol. The average molecular weight is 368 g/mol. The van der Waals surface area contributed by atoms with Crippen LogP contribution in [-0.4, -0.2) is 59.7 Å². The Hall–Kier alpha value is -2.57. The maximum atomic E-state index is 12.0. The van der Waals surface area contributed by atoms with Crippen molar-refractivity contribution in [3.63, 3.8) is 0 Å². The molecule has 1 aromatic carbocycles. The number of hydrogen-bond donors (Lipinski definition) is 3. The third kappa shape index (κ3) is 6.10. The van der Waals surface area contributed by atoms with Crippen molar-refractivity contribution in [2.24, 2.45) is 0 Å². The summed E-state index contributed by atoms with van der Waals surface area (Å²) in [6.45, 7) is -0.124. The number of nitrogens with one attached hydrogen (secondary N) is 1. The Morgan fingerprint density at radius 1 is 1.44 bits per heavy atom. The van der Waals surface area contributed by atoms with E-state index in [1.807, 2.05) is 0 Å². The highest BCUT2D eigenvalue weighted by Crippen LogP contribution is 2.28. The fourth-order valence-corrected chi connectivity index (χ4v) is 2.72. The highest BCUT2D eigenvalue weighted by molar-refractivity contribution is 7.99. The first-order chi connectivity index (χ1) is 12.0. The lowest BCUT2D eigenvalue weighted by molar-refractivity contribution is -0.385. The Morgan fingerprint density at radius 2 is 2.24 bits per heavy atom. The normalized spacial score (nSPS) is 11.9. The molecule has 0 bridgehead atoms. The Kier molecular flexibility index (Phi) is 6.80. The number of nitro groups is 1. The number of hydrogen-bond acceptors (Lipinski definition) is 9. The summed E-state index contributed by atoms with van der Waals surface area (Å²) in [5.41, 5.74) is 0.0937. The van der Waals surface area contributed by atoms with E-state index in [0.29, 0.717) is 4.90 Å². The second-order valence-electron chi connectivity index (χ2n) is 4.99. The van der Waals surface area contributed by atoms with Gasteiger partial charge in [-0.1, -0.05) is 0 Å². The van der Waals surface area contributed by atoms with Gasteiger partial charge in [0.05, 0.1) is 24.2 Å². The number of aromatic nitrogens is 4. The van der Waals surface area contributed by atoms with Gasteiger partial charge in [-0.25, -0.2) is 4.68 Å². The highest BCUT2D eigenvalue weighted by atomic mass is 32.2. The van der Waals surface area contributed by atoms with Gasteiger partial charge in [-0.05, 0) is 16.5 Å². The third-order valence-corrected chi connectivity index (χ3v) is 4.12. The fraction of sp³-hybridized carbons (Fsp3) is 0.385. The molecule has 0 spiro atoms. The zero-order valence-electron chi connectivity index (χ0n) is 13.0. The number of thioether (sulfide) groups is 1. The maximum Gasteiger partial charge on any atom is 0.272 e. The second kappa shape index (κ2) is 9.05. The van der Waals surface area contributed by atoms with Gasteiger partial charge >= 0.3 is 0 Å². The molecule has 0 aliphatic carbocycles. The molecular weight excluding hydrogens is 352 g/mol. The van der Waals surface area contributed by atoms with Crippen molar-refractivity contribution in [2.75, 3.05) is 17.7 Å². The second-order valence-corrected chi connectivity index (χ2v) is 6.08. The summed E-state index contributed by atoms with van der Waals surface area (Å²) in [5.74, 6) is -0.174. The van der Waals surface area contributed by atoms with Gasteiger partial charge in [-0.3, -0.25) is 14.9 Å². The van der Waals surface area contributed by atoms with Crippen LogP contribution in [0.4, 0.5) is 11.4 Å². The van der Waals surface area contributed by atoms with E-state index in [-0.39, 0.29) is 36.0 Å². The summed E-state index contributed by atoms with van der Waals surface area (Å²) in [4.78, 5) is 22.9. The van der Waals surface area contributed by atoms with Gasteiger partial charge in [0.2, 0.25) is 5.91 Å². The molecule has 0 saturated carbocycles. The largest absolute Gasteiger partial charge is 0.394 e. The fourth-order valence-electron chi connectivity index (χ4n) is 1.81. The summed E-state index contributed by atoms with van der Waals surface area (Å²) in [7, 11) is 0. The first-order valence-electron chi connectivity index (χ1n) is 7.19. The SMILES string of the molecule is O=C(CCn1cnnn1)Nc1cc(SC[C@H](O)CO)cc([N+](=O)[O-])c1. The van der Waals surface area contributed by atoms with Gasteiger partial charge < -0.3 is 15.5 Å². The predicted octanol–water partition coefficient (Wildman–Crippen LogP) is 0.0554. The standard InChI is InChI=1S/C13H16N6O5S/c20-6-11(21)7-25-12-4-9(3-10(5-12)19(23)24)15-13(22)1-2-18-8-14-16-17-18/h3-5,8,11,20-21H,1-2,6-7H2,(H,15,22)/t11-/m1/s1. The summed E-state index contributed by atoms with van der Waals surface area (Å²) in [5, 5.41) is 42.4. The lowest BCUT2D eigenvalue weighted by Gasteiger charge is -2.09. The Labute approximate surface area is 146 Å². The minimum atomic E-state index is -0.932. The average Bonchev–Trinajstić information content (AvgIpc) is 3.11. The molecule has 1 heterocycles. The molecule has 3 N–H and O–H groups in total. The van der Waals surface area contributed by atoms with Gasteiger partial charge in [-0.2, -0.15) is 0 Å². The zero-order valence-corrected chi connectivity index (χ0v) is 13.8. The maximum absolute atomic E-state index is 12.0. The van der Waals surface area contributed by atoms with Crippen molar-refractivity contribution in [3.05, 3.63) is 34.6 Å². The van der Waals surface area contributed by atoms with Crippen LogP contribution in [0.2, 0.25) is 0 Å². The number of tetrazole rings is 1. The quantitative estimate of drug-likeness (QED) is 0.316. The van der Waals surface area contributed by atoms with Crippen LogP contribution in [0, 0.1) is 10.1 Å². The first kappa shape index (κ1) is 18.8. The number of nitrogens with zero attached hydrogens (tertiary/aromatic N) is 5. The molecule has 25 heavy (non-hydrogen) atoms. The molecule has 0 unspecified atom stereocenters. The van der Waals surface area contributed by atoms with E-state index in [1.165, 1.54) is 23.1 Å². The van der Waals surface area contributed by atoms with Gasteiger partial charge in [-0.15, -0.1) is 16.9 Å². The lowest BCUT2D eigenvalue weighted by atomic mass is 10.2. The molecule has 0 fully saturated rings. The van der Waals surface area contributed by atoms with Crippen LogP contribution in [0.15, 0.2) is 29.4 Å². The van der Waals surface area contributed by atoms with Crippen LogP contribution in [0.1, 0.15) is 6.42 Å². The predicted molar refractivity (Wildman–Crippen MR) is 88.0 cm³/mol. The summed E-state index contributed by atoms with van der Waals surface area (Å²) in [6, 6.07) is 4.16. The van der Waals surface area contributed by atoms with Crippen LogP contribution in [0.5, 0.6) is 0 Å². The van der Waals surface area contributed by atoms with Crippen molar-refractivity contribution < 1.29 is 19.9 Å². The van der Waals surface area contributed by atoms with Crippen LogP contribution in [0.3, 0.4) is 0 Å². The molecule has 0 aliphatic heterocycles. The molecular formula is C13H16N6O5S. The Balaban J connectivity index is 2.03. The highest BCUT2D eigenvalue weighted by Gasteiger charge is 2.13. The number of aliphatic hydroxyl groups excluding tert-OH is 2. The minimum Gasteiger partial charge on any atom is -0.394 e. The molecule has 11 nitrogen and oxygen atoms in total. The Bertz CT molecular complexity index is 726. The number of nitro benzene ring substituents is 1. The molecule has 12 heteroatoms. The zero-order chi connectivity index (χ0) is 18.2. The van der Waals surface area contributed by atoms with E-state index >= 15 is 0 Å². The van der Waals surface area contributed by atoms with E-state index in [2.05, 4.69) is 20.8 Å². The Morgan fingerprint density at radius 3 is 2.88 bits per heavy atom. The van der Waals surface area contributed by atoms with E-state index < -0.39 is 17.6 Å². The summed E-state index contributed by atoms with van der Waals surface area (Å²) < 4.78 is 1.39. The third-order valence-electron chi connectivity index (χ3n) is 3.00. The van der Waals surface area contributed by atoms with Crippen LogP contribution < -0.4 is 5.32 Å². The summed E-state index contributed by atoms with van der Waals surface area (Å²) in [6.07, 6.45) is 0.542. The molecule has 2 aromatic rings. The number of carbonyl (C=O) groups is 1. The summed E-state index contributed by atoms with van der Waals surface area (Å²) >= 11 is 1.14. The van der Waals surface area contributed by atoms with Gasteiger partial charge in [0.25, 0.3) is 5.69 Å². The number of aryl methyl sites for hydroxylation is 1. The van der Waals surface area contributed by atoms with E-state index in [0.717, 1.165) is 11.8 Å². The molecule has 134 valence electrons.